The lowest BCUT2D eigenvalue weighted by atomic mass is 10.2. The fourth-order valence-electron chi connectivity index (χ4n) is 2.19. The number of anilines is 1. The highest BCUT2D eigenvalue weighted by atomic mass is 35.5. The van der Waals surface area contributed by atoms with Gasteiger partial charge in [0.25, 0.3) is 5.91 Å². The minimum atomic E-state index is -0.0277. The van der Waals surface area contributed by atoms with Crippen molar-refractivity contribution in [2.45, 2.75) is 5.75 Å². The molecule has 0 unspecified atom stereocenters. The Bertz CT molecular complexity index is 798. The summed E-state index contributed by atoms with van der Waals surface area (Å²) in [7, 11) is 3.46. The van der Waals surface area contributed by atoms with Crippen LogP contribution in [0.5, 0.6) is 0 Å². The molecule has 2 rings (SSSR count). The predicted molar refractivity (Wildman–Crippen MR) is 121 cm³/mol. The molecular formula is C19H21Cl2N3OS2. The Morgan fingerprint density at radius 3 is 2.48 bits per heavy atom. The zero-order valence-electron chi connectivity index (χ0n) is 15.1. The highest BCUT2D eigenvalue weighted by Crippen LogP contribution is 2.24. The monoisotopic (exact) mass is 441 g/mol. The van der Waals surface area contributed by atoms with E-state index in [2.05, 4.69) is 10.6 Å². The molecule has 0 spiro atoms. The Morgan fingerprint density at radius 2 is 1.85 bits per heavy atom. The zero-order valence-corrected chi connectivity index (χ0v) is 18.2. The van der Waals surface area contributed by atoms with Crippen LogP contribution in [0.25, 0.3) is 0 Å². The average molecular weight is 442 g/mol. The summed E-state index contributed by atoms with van der Waals surface area (Å²) in [5, 5.41) is 8.16. The van der Waals surface area contributed by atoms with E-state index in [0.717, 1.165) is 29.3 Å². The summed E-state index contributed by atoms with van der Waals surface area (Å²) >= 11 is 19.1. The number of nitrogens with zero attached hydrogens (tertiary/aromatic N) is 1. The number of halogens is 2. The fraction of sp³-hybridized carbons (Fsp3) is 0.263. The van der Waals surface area contributed by atoms with Crippen LogP contribution in [0.15, 0.2) is 42.5 Å². The lowest BCUT2D eigenvalue weighted by Gasteiger charge is -2.12. The summed E-state index contributed by atoms with van der Waals surface area (Å²) in [6, 6.07) is 12.8. The molecule has 0 bridgehead atoms. The first-order chi connectivity index (χ1) is 12.9. The number of hydrogen-bond donors (Lipinski definition) is 2. The maximum Gasteiger partial charge on any atom is 0.253 e. The minimum absolute atomic E-state index is 0.0277. The Morgan fingerprint density at radius 1 is 1.15 bits per heavy atom. The minimum Gasteiger partial charge on any atom is -0.362 e. The number of thiocarbonyl (C=S) groups is 1. The molecule has 0 atom stereocenters. The Balaban J connectivity index is 1.69. The van der Waals surface area contributed by atoms with Crippen molar-refractivity contribution in [2.75, 3.05) is 31.7 Å². The van der Waals surface area contributed by atoms with Crippen LogP contribution in [0.4, 0.5) is 5.69 Å². The lowest BCUT2D eigenvalue weighted by molar-refractivity contribution is 0.0827. The third-order valence-electron chi connectivity index (χ3n) is 3.60. The molecule has 0 fully saturated rings. The van der Waals surface area contributed by atoms with Gasteiger partial charge in [0.2, 0.25) is 0 Å². The van der Waals surface area contributed by atoms with E-state index in [1.165, 1.54) is 0 Å². The highest BCUT2D eigenvalue weighted by molar-refractivity contribution is 7.98. The van der Waals surface area contributed by atoms with E-state index < -0.39 is 0 Å². The molecular weight excluding hydrogens is 421 g/mol. The van der Waals surface area contributed by atoms with E-state index in [1.807, 2.05) is 24.3 Å². The highest BCUT2D eigenvalue weighted by Gasteiger charge is 2.07. The number of rotatable bonds is 7. The van der Waals surface area contributed by atoms with Crippen LogP contribution in [0.1, 0.15) is 15.9 Å². The van der Waals surface area contributed by atoms with Gasteiger partial charge in [0.1, 0.15) is 0 Å². The van der Waals surface area contributed by atoms with E-state index in [1.54, 1.807) is 49.0 Å². The second-order valence-electron chi connectivity index (χ2n) is 5.95. The normalized spacial score (nSPS) is 10.4. The molecule has 2 aromatic rings. The van der Waals surface area contributed by atoms with Crippen LogP contribution in [0.3, 0.4) is 0 Å². The van der Waals surface area contributed by atoms with E-state index in [-0.39, 0.29) is 5.91 Å². The Hall–Kier alpha value is -1.47. The van der Waals surface area contributed by atoms with Crippen LogP contribution >= 0.6 is 47.2 Å². The van der Waals surface area contributed by atoms with Crippen molar-refractivity contribution >= 4 is 63.9 Å². The molecule has 27 heavy (non-hydrogen) atoms. The Labute approximate surface area is 179 Å². The van der Waals surface area contributed by atoms with Gasteiger partial charge in [-0.3, -0.25) is 4.79 Å². The van der Waals surface area contributed by atoms with Gasteiger partial charge in [-0.2, -0.15) is 11.8 Å². The molecule has 0 heterocycles. The van der Waals surface area contributed by atoms with Gasteiger partial charge in [-0.05, 0) is 54.2 Å². The van der Waals surface area contributed by atoms with Crippen molar-refractivity contribution in [3.05, 3.63) is 63.6 Å². The average Bonchev–Trinajstić information content (AvgIpc) is 2.63. The van der Waals surface area contributed by atoms with Gasteiger partial charge >= 0.3 is 0 Å². The molecule has 2 N–H and O–H groups in total. The molecule has 4 nitrogen and oxygen atoms in total. The standard InChI is InChI=1S/C19H21Cl2N3OS2/c1-24(2)18(25)13-4-7-16(8-5-13)23-19(26)22-9-10-27-12-14-3-6-15(20)11-17(14)21/h3-8,11H,9-10,12H2,1-2H3,(H2,22,23,26). The van der Waals surface area contributed by atoms with E-state index in [9.17, 15) is 4.79 Å². The fourth-order valence-corrected chi connectivity index (χ4v) is 3.82. The summed E-state index contributed by atoms with van der Waals surface area (Å²) in [5.41, 5.74) is 2.55. The van der Waals surface area contributed by atoms with Crippen LogP contribution in [-0.2, 0) is 5.75 Å². The first-order valence-electron chi connectivity index (χ1n) is 8.25. The van der Waals surface area contributed by atoms with E-state index in [4.69, 9.17) is 35.4 Å². The van der Waals surface area contributed by atoms with Crippen LogP contribution in [0, 0.1) is 0 Å². The third kappa shape index (κ3) is 7.22. The van der Waals surface area contributed by atoms with Crippen molar-refractivity contribution in [1.29, 1.82) is 0 Å². The van der Waals surface area contributed by atoms with Crippen LogP contribution < -0.4 is 10.6 Å². The summed E-state index contributed by atoms with van der Waals surface area (Å²) in [6.45, 7) is 0.735. The van der Waals surface area contributed by atoms with Crippen molar-refractivity contribution in [2.24, 2.45) is 0 Å². The smallest absolute Gasteiger partial charge is 0.253 e. The zero-order chi connectivity index (χ0) is 19.8. The first kappa shape index (κ1) is 21.8. The van der Waals surface area contributed by atoms with Gasteiger partial charge in [0.05, 0.1) is 0 Å². The van der Waals surface area contributed by atoms with Crippen LogP contribution in [-0.4, -0.2) is 42.3 Å². The number of amides is 1. The maximum atomic E-state index is 11.9. The van der Waals surface area contributed by atoms with E-state index >= 15 is 0 Å². The maximum absolute atomic E-state index is 11.9. The summed E-state index contributed by atoms with van der Waals surface area (Å²) < 4.78 is 0. The molecule has 0 saturated heterocycles. The second-order valence-corrected chi connectivity index (χ2v) is 8.30. The molecule has 0 aliphatic rings. The third-order valence-corrected chi connectivity index (χ3v) is 5.44. The van der Waals surface area contributed by atoms with Crippen molar-refractivity contribution < 1.29 is 4.79 Å². The van der Waals surface area contributed by atoms with Gasteiger partial charge in [-0.25, -0.2) is 0 Å². The molecule has 0 radical (unpaired) electrons. The number of carbonyl (C=O) groups excluding carboxylic acids is 1. The van der Waals surface area contributed by atoms with Gasteiger partial charge in [-0.15, -0.1) is 0 Å². The molecule has 0 aliphatic carbocycles. The molecule has 144 valence electrons. The molecule has 1 amide bonds. The Kier molecular flexibility index (Phi) is 8.70. The molecule has 2 aromatic carbocycles. The largest absolute Gasteiger partial charge is 0.362 e. The quantitative estimate of drug-likeness (QED) is 0.471. The number of carbonyl (C=O) groups is 1. The van der Waals surface area contributed by atoms with Gasteiger partial charge < -0.3 is 15.5 Å². The topological polar surface area (TPSA) is 44.4 Å². The SMILES string of the molecule is CN(C)C(=O)c1ccc(NC(=S)NCCSCc2ccc(Cl)cc2Cl)cc1. The summed E-state index contributed by atoms with van der Waals surface area (Å²) in [5.74, 6) is 1.68. The van der Waals surface area contributed by atoms with Crippen molar-refractivity contribution in [1.82, 2.24) is 10.2 Å². The van der Waals surface area contributed by atoms with Crippen LogP contribution in [0.2, 0.25) is 10.0 Å². The van der Waals surface area contributed by atoms with Crippen molar-refractivity contribution in [3.63, 3.8) is 0 Å². The van der Waals surface area contributed by atoms with Gasteiger partial charge in [0.15, 0.2) is 5.11 Å². The lowest BCUT2D eigenvalue weighted by Crippen LogP contribution is -2.30. The second kappa shape index (κ2) is 10.8. The number of hydrogen-bond acceptors (Lipinski definition) is 3. The molecule has 0 saturated carbocycles. The van der Waals surface area contributed by atoms with Gasteiger partial charge in [-0.1, -0.05) is 29.3 Å². The summed E-state index contributed by atoms with van der Waals surface area (Å²) in [4.78, 5) is 13.4. The summed E-state index contributed by atoms with van der Waals surface area (Å²) in [6.07, 6.45) is 0. The predicted octanol–water partition coefficient (Wildman–Crippen LogP) is 4.92. The first-order valence-corrected chi connectivity index (χ1v) is 10.6. The molecule has 8 heteroatoms. The number of benzene rings is 2. The molecule has 0 aliphatic heterocycles. The number of nitrogens with one attached hydrogen (secondary N) is 2. The number of thioether (sulfide) groups is 1. The van der Waals surface area contributed by atoms with E-state index in [0.29, 0.717) is 20.7 Å². The molecule has 0 aromatic heterocycles. The van der Waals surface area contributed by atoms with Crippen molar-refractivity contribution in [3.8, 4) is 0 Å². The van der Waals surface area contributed by atoms with Gasteiger partial charge in [0, 0.05) is 53.4 Å².